The zero-order valence-corrected chi connectivity index (χ0v) is 15.1. The van der Waals surface area contributed by atoms with Crippen LogP contribution in [-0.4, -0.2) is 44.4 Å². The van der Waals surface area contributed by atoms with Crippen LogP contribution in [-0.2, 0) is 19.4 Å². The second-order valence-electron chi connectivity index (χ2n) is 6.40. The van der Waals surface area contributed by atoms with Gasteiger partial charge in [-0.2, -0.15) is 5.10 Å². The Bertz CT molecular complexity index is 885. The van der Waals surface area contributed by atoms with E-state index in [2.05, 4.69) is 20.7 Å². The number of fused-ring (bicyclic) bond motifs is 1. The van der Waals surface area contributed by atoms with Gasteiger partial charge in [0.15, 0.2) is 11.6 Å². The number of nitrogens with zero attached hydrogens (tertiary/aromatic N) is 5. The quantitative estimate of drug-likeness (QED) is 0.721. The third-order valence-electron chi connectivity index (χ3n) is 4.50. The Labute approximate surface area is 152 Å². The Morgan fingerprint density at radius 3 is 2.85 bits per heavy atom. The highest BCUT2D eigenvalue weighted by Crippen LogP contribution is 2.24. The van der Waals surface area contributed by atoms with E-state index in [1.54, 1.807) is 6.26 Å². The van der Waals surface area contributed by atoms with E-state index in [0.717, 1.165) is 62.2 Å². The Morgan fingerprint density at radius 1 is 1.19 bits per heavy atom. The number of nitrogens with one attached hydrogen (secondary N) is 2. The first-order valence-corrected chi connectivity index (χ1v) is 8.97. The molecule has 8 heteroatoms. The molecule has 2 N–H and O–H groups in total. The molecule has 0 radical (unpaired) electrons. The number of anilines is 1. The molecule has 3 aromatic heterocycles. The van der Waals surface area contributed by atoms with E-state index >= 15 is 0 Å². The Hall–Kier alpha value is -2.74. The number of rotatable bonds is 5. The summed E-state index contributed by atoms with van der Waals surface area (Å²) in [5.74, 6) is 3.93. The van der Waals surface area contributed by atoms with Crippen molar-refractivity contribution in [3.05, 3.63) is 41.3 Å². The lowest BCUT2D eigenvalue weighted by Gasteiger charge is -2.14. The van der Waals surface area contributed by atoms with Crippen molar-refractivity contribution in [3.8, 4) is 11.6 Å². The van der Waals surface area contributed by atoms with Gasteiger partial charge in [-0.15, -0.1) is 0 Å². The van der Waals surface area contributed by atoms with E-state index in [1.807, 2.05) is 30.7 Å². The maximum Gasteiger partial charge on any atom is 0.197 e. The average Bonchev–Trinajstić information content (AvgIpc) is 3.19. The van der Waals surface area contributed by atoms with Gasteiger partial charge in [0.1, 0.15) is 17.5 Å². The highest BCUT2D eigenvalue weighted by molar-refractivity contribution is 5.56. The van der Waals surface area contributed by atoms with Crippen LogP contribution in [0.3, 0.4) is 0 Å². The van der Waals surface area contributed by atoms with E-state index in [9.17, 15) is 0 Å². The highest BCUT2D eigenvalue weighted by atomic mass is 16.3. The molecule has 1 aliphatic heterocycles. The Balaban J connectivity index is 1.59. The Kier molecular flexibility index (Phi) is 4.66. The van der Waals surface area contributed by atoms with E-state index in [0.29, 0.717) is 11.6 Å². The molecule has 8 nitrogen and oxygen atoms in total. The number of aryl methyl sites for hydroxylation is 2. The van der Waals surface area contributed by atoms with Crippen LogP contribution < -0.4 is 10.6 Å². The normalized spacial score (nSPS) is 14.1. The van der Waals surface area contributed by atoms with Gasteiger partial charge in [0.2, 0.25) is 0 Å². The van der Waals surface area contributed by atoms with Gasteiger partial charge in [0.25, 0.3) is 0 Å². The van der Waals surface area contributed by atoms with E-state index in [-0.39, 0.29) is 0 Å². The zero-order valence-electron chi connectivity index (χ0n) is 15.1. The molecule has 0 amide bonds. The SMILES string of the molecule is Cc1nc(C)n(CCNc2nc(-c3ccco3)nc3c2CCNCC3)n1. The summed E-state index contributed by atoms with van der Waals surface area (Å²) < 4.78 is 7.41. The van der Waals surface area contributed by atoms with Gasteiger partial charge < -0.3 is 15.1 Å². The van der Waals surface area contributed by atoms with Crippen LogP contribution in [0, 0.1) is 13.8 Å². The van der Waals surface area contributed by atoms with Gasteiger partial charge in [-0.05, 0) is 38.9 Å². The maximum atomic E-state index is 5.50. The molecule has 0 atom stereocenters. The average molecular weight is 353 g/mol. The van der Waals surface area contributed by atoms with Crippen LogP contribution in [0.1, 0.15) is 22.9 Å². The molecule has 0 aliphatic carbocycles. The van der Waals surface area contributed by atoms with Gasteiger partial charge in [-0.3, -0.25) is 0 Å². The molecule has 1 aliphatic rings. The van der Waals surface area contributed by atoms with Crippen molar-refractivity contribution >= 4 is 5.82 Å². The summed E-state index contributed by atoms with van der Waals surface area (Å²) in [6.45, 7) is 7.20. The van der Waals surface area contributed by atoms with Crippen molar-refractivity contribution < 1.29 is 4.42 Å². The molecule has 0 saturated carbocycles. The number of furan rings is 1. The fraction of sp³-hybridized carbons (Fsp3) is 0.444. The minimum atomic E-state index is 0.630. The summed E-state index contributed by atoms with van der Waals surface area (Å²) in [4.78, 5) is 13.8. The number of aromatic nitrogens is 5. The van der Waals surface area contributed by atoms with Crippen LogP contribution >= 0.6 is 0 Å². The molecule has 136 valence electrons. The standard InChI is InChI=1S/C18H23N7O/c1-12-21-13(2)25(24-12)10-9-20-17-14-5-7-19-8-6-15(14)22-18(23-17)16-4-3-11-26-16/h3-4,11,19H,5-10H2,1-2H3,(H,20,22,23). The lowest BCUT2D eigenvalue weighted by Crippen LogP contribution is -2.17. The molecule has 3 aromatic rings. The van der Waals surface area contributed by atoms with Crippen LogP contribution in [0.2, 0.25) is 0 Å². The summed E-state index contributed by atoms with van der Waals surface area (Å²) in [5, 5.41) is 11.3. The second kappa shape index (κ2) is 7.25. The molecule has 0 unspecified atom stereocenters. The zero-order chi connectivity index (χ0) is 17.9. The second-order valence-corrected chi connectivity index (χ2v) is 6.40. The first-order valence-electron chi connectivity index (χ1n) is 8.97. The molecular weight excluding hydrogens is 330 g/mol. The van der Waals surface area contributed by atoms with E-state index in [1.165, 1.54) is 5.56 Å². The summed E-state index contributed by atoms with van der Waals surface area (Å²) in [7, 11) is 0. The molecular formula is C18H23N7O. The van der Waals surface area contributed by atoms with Crippen molar-refractivity contribution in [1.29, 1.82) is 0 Å². The summed E-state index contributed by atoms with van der Waals surface area (Å²) in [6.07, 6.45) is 3.45. The van der Waals surface area contributed by atoms with Crippen molar-refractivity contribution in [2.75, 3.05) is 25.0 Å². The van der Waals surface area contributed by atoms with Crippen molar-refractivity contribution in [1.82, 2.24) is 30.0 Å². The maximum absolute atomic E-state index is 5.50. The lowest BCUT2D eigenvalue weighted by molar-refractivity contribution is 0.576. The van der Waals surface area contributed by atoms with Gasteiger partial charge in [0, 0.05) is 25.1 Å². The molecule has 0 spiro atoms. The van der Waals surface area contributed by atoms with Crippen LogP contribution in [0.4, 0.5) is 5.82 Å². The van der Waals surface area contributed by atoms with Gasteiger partial charge in [-0.1, -0.05) is 0 Å². The minimum absolute atomic E-state index is 0.630. The first-order chi connectivity index (χ1) is 12.7. The minimum Gasteiger partial charge on any atom is -0.461 e. The van der Waals surface area contributed by atoms with Crippen LogP contribution in [0.15, 0.2) is 22.8 Å². The summed E-state index contributed by atoms with van der Waals surface area (Å²) in [5.41, 5.74) is 2.28. The van der Waals surface area contributed by atoms with E-state index < -0.39 is 0 Å². The lowest BCUT2D eigenvalue weighted by atomic mass is 10.1. The highest BCUT2D eigenvalue weighted by Gasteiger charge is 2.18. The third-order valence-corrected chi connectivity index (χ3v) is 4.50. The van der Waals surface area contributed by atoms with Crippen LogP contribution in [0.25, 0.3) is 11.6 Å². The molecule has 0 fully saturated rings. The first kappa shape index (κ1) is 16.7. The Morgan fingerprint density at radius 2 is 2.08 bits per heavy atom. The predicted molar refractivity (Wildman–Crippen MR) is 98.0 cm³/mol. The fourth-order valence-electron chi connectivity index (χ4n) is 3.26. The van der Waals surface area contributed by atoms with Crippen LogP contribution in [0.5, 0.6) is 0 Å². The molecule has 4 heterocycles. The molecule has 0 aromatic carbocycles. The molecule has 4 rings (SSSR count). The van der Waals surface area contributed by atoms with E-state index in [4.69, 9.17) is 14.4 Å². The molecule has 0 saturated heterocycles. The van der Waals surface area contributed by atoms with Gasteiger partial charge in [0.05, 0.1) is 18.5 Å². The van der Waals surface area contributed by atoms with Crippen molar-refractivity contribution in [2.45, 2.75) is 33.2 Å². The third kappa shape index (κ3) is 3.45. The van der Waals surface area contributed by atoms with Gasteiger partial charge >= 0.3 is 0 Å². The van der Waals surface area contributed by atoms with Gasteiger partial charge in [-0.25, -0.2) is 19.6 Å². The molecule has 0 bridgehead atoms. The fourth-order valence-corrected chi connectivity index (χ4v) is 3.26. The van der Waals surface area contributed by atoms with Crippen molar-refractivity contribution in [3.63, 3.8) is 0 Å². The largest absolute Gasteiger partial charge is 0.461 e. The monoisotopic (exact) mass is 353 g/mol. The summed E-state index contributed by atoms with van der Waals surface area (Å²) >= 11 is 0. The summed E-state index contributed by atoms with van der Waals surface area (Å²) in [6, 6.07) is 3.75. The number of hydrogen-bond donors (Lipinski definition) is 2. The van der Waals surface area contributed by atoms with Crippen molar-refractivity contribution in [2.24, 2.45) is 0 Å². The number of hydrogen-bond acceptors (Lipinski definition) is 7. The smallest absolute Gasteiger partial charge is 0.197 e. The topological polar surface area (TPSA) is 93.7 Å². The molecule has 26 heavy (non-hydrogen) atoms. The predicted octanol–water partition coefficient (Wildman–Crippen LogP) is 1.75.